The lowest BCUT2D eigenvalue weighted by Gasteiger charge is -2.12. The van der Waals surface area contributed by atoms with Crippen LogP contribution in [0.15, 0.2) is 65.1 Å². The average Bonchev–Trinajstić information content (AvgIpc) is 3.17. The second-order valence-electron chi connectivity index (χ2n) is 6.44. The van der Waals surface area contributed by atoms with Crippen LogP contribution in [0.1, 0.15) is 17.0 Å². The van der Waals surface area contributed by atoms with Crippen molar-refractivity contribution in [2.75, 3.05) is 0 Å². The van der Waals surface area contributed by atoms with Crippen LogP contribution in [0.4, 0.5) is 4.39 Å². The predicted molar refractivity (Wildman–Crippen MR) is 119 cm³/mol. The zero-order valence-electron chi connectivity index (χ0n) is 15.5. The number of halogens is 3. The predicted octanol–water partition coefficient (Wildman–Crippen LogP) is 6.76. The summed E-state index contributed by atoms with van der Waals surface area (Å²) < 4.78 is 20.7. The number of para-hydroxylation sites is 2. The third-order valence-electron chi connectivity index (χ3n) is 4.47. The van der Waals surface area contributed by atoms with Gasteiger partial charge in [0, 0.05) is 15.6 Å². The number of benzene rings is 3. The number of allylic oxidation sites excluding steroid dienone is 1. The lowest BCUT2D eigenvalue weighted by atomic mass is 10.1. The highest BCUT2D eigenvalue weighted by molar-refractivity contribution is 9.10. The van der Waals surface area contributed by atoms with Crippen LogP contribution in [0, 0.1) is 17.1 Å². The van der Waals surface area contributed by atoms with Gasteiger partial charge in [0.15, 0.2) is 0 Å². The van der Waals surface area contributed by atoms with Crippen LogP contribution in [0.3, 0.4) is 0 Å². The summed E-state index contributed by atoms with van der Waals surface area (Å²) in [5.41, 5.74) is 2.88. The summed E-state index contributed by atoms with van der Waals surface area (Å²) in [4.78, 5) is 7.64. The van der Waals surface area contributed by atoms with Gasteiger partial charge in [-0.3, -0.25) is 0 Å². The lowest BCUT2D eigenvalue weighted by molar-refractivity contribution is 0.299. The van der Waals surface area contributed by atoms with E-state index in [-0.39, 0.29) is 12.2 Å². The molecular formula is C23H14BrClFN3O. The first kappa shape index (κ1) is 20.1. The highest BCUT2D eigenvalue weighted by atomic mass is 79.9. The second kappa shape index (κ2) is 8.70. The van der Waals surface area contributed by atoms with Crippen molar-refractivity contribution >= 4 is 50.2 Å². The minimum atomic E-state index is -0.434. The summed E-state index contributed by atoms with van der Waals surface area (Å²) in [7, 11) is 0. The Balaban J connectivity index is 1.69. The molecule has 0 bridgehead atoms. The van der Waals surface area contributed by atoms with Gasteiger partial charge in [0.05, 0.1) is 21.6 Å². The summed E-state index contributed by atoms with van der Waals surface area (Å²) in [6.07, 6.45) is 1.68. The number of imidazole rings is 1. The number of nitrogens with zero attached hydrogens (tertiary/aromatic N) is 2. The summed E-state index contributed by atoms with van der Waals surface area (Å²) in [6.45, 7) is -0.0412. The normalized spacial score (nSPS) is 11.5. The maximum atomic E-state index is 14.1. The van der Waals surface area contributed by atoms with Crippen molar-refractivity contribution in [3.8, 4) is 11.8 Å². The van der Waals surface area contributed by atoms with Crippen LogP contribution < -0.4 is 4.74 Å². The van der Waals surface area contributed by atoms with E-state index in [0.29, 0.717) is 27.7 Å². The third kappa shape index (κ3) is 4.23. The largest absolute Gasteiger partial charge is 0.488 e. The SMILES string of the molecule is N#C/C(=C\c1cc(Br)ccc1OCc1c(F)cccc1Cl)c1nc2ccccc2[nH]1. The highest BCUT2D eigenvalue weighted by Gasteiger charge is 2.12. The van der Waals surface area contributed by atoms with Gasteiger partial charge in [0.2, 0.25) is 0 Å². The molecule has 0 aliphatic rings. The van der Waals surface area contributed by atoms with E-state index in [1.165, 1.54) is 6.07 Å². The first-order valence-electron chi connectivity index (χ1n) is 8.97. The first-order chi connectivity index (χ1) is 14.5. The van der Waals surface area contributed by atoms with E-state index in [4.69, 9.17) is 16.3 Å². The van der Waals surface area contributed by atoms with Crippen molar-refractivity contribution < 1.29 is 9.13 Å². The zero-order valence-corrected chi connectivity index (χ0v) is 17.8. The molecule has 0 aliphatic heterocycles. The Morgan fingerprint density at radius 3 is 2.80 bits per heavy atom. The van der Waals surface area contributed by atoms with Gasteiger partial charge < -0.3 is 9.72 Å². The number of fused-ring (bicyclic) bond motifs is 1. The number of H-pyrrole nitrogens is 1. The van der Waals surface area contributed by atoms with E-state index >= 15 is 0 Å². The maximum absolute atomic E-state index is 14.1. The minimum Gasteiger partial charge on any atom is -0.488 e. The van der Waals surface area contributed by atoms with Gasteiger partial charge in [-0.15, -0.1) is 0 Å². The minimum absolute atomic E-state index is 0.0412. The number of nitriles is 1. The zero-order chi connectivity index (χ0) is 21.1. The van der Waals surface area contributed by atoms with E-state index in [0.717, 1.165) is 15.5 Å². The van der Waals surface area contributed by atoms with Crippen molar-refractivity contribution in [2.24, 2.45) is 0 Å². The topological polar surface area (TPSA) is 61.7 Å². The smallest absolute Gasteiger partial charge is 0.149 e. The van der Waals surface area contributed by atoms with Crippen LogP contribution >= 0.6 is 27.5 Å². The van der Waals surface area contributed by atoms with Crippen LogP contribution in [0.25, 0.3) is 22.7 Å². The number of hydrogen-bond donors (Lipinski definition) is 1. The first-order valence-corrected chi connectivity index (χ1v) is 10.1. The molecule has 4 rings (SSSR count). The molecule has 148 valence electrons. The van der Waals surface area contributed by atoms with Crippen molar-refractivity contribution in [1.29, 1.82) is 5.26 Å². The van der Waals surface area contributed by atoms with Crippen LogP contribution in [-0.2, 0) is 6.61 Å². The molecule has 0 unspecified atom stereocenters. The summed E-state index contributed by atoms with van der Waals surface area (Å²) >= 11 is 9.53. The summed E-state index contributed by atoms with van der Waals surface area (Å²) in [5, 5.41) is 10.0. The maximum Gasteiger partial charge on any atom is 0.149 e. The van der Waals surface area contributed by atoms with Gasteiger partial charge in [-0.25, -0.2) is 9.37 Å². The molecule has 3 aromatic carbocycles. The molecule has 4 nitrogen and oxygen atoms in total. The summed E-state index contributed by atoms with van der Waals surface area (Å²) in [6, 6.07) is 19.6. The molecule has 0 radical (unpaired) electrons. The molecule has 7 heteroatoms. The number of hydrogen-bond acceptors (Lipinski definition) is 3. The van der Waals surface area contributed by atoms with Crippen molar-refractivity contribution in [1.82, 2.24) is 9.97 Å². The number of ether oxygens (including phenoxy) is 1. The van der Waals surface area contributed by atoms with Gasteiger partial charge in [-0.1, -0.05) is 45.7 Å². The van der Waals surface area contributed by atoms with E-state index in [9.17, 15) is 9.65 Å². The Morgan fingerprint density at radius 2 is 2.03 bits per heavy atom. The molecule has 0 saturated heterocycles. The van der Waals surface area contributed by atoms with Crippen LogP contribution in [-0.4, -0.2) is 9.97 Å². The molecular weight excluding hydrogens is 469 g/mol. The molecule has 0 spiro atoms. The molecule has 0 fully saturated rings. The molecule has 30 heavy (non-hydrogen) atoms. The Morgan fingerprint density at radius 1 is 1.20 bits per heavy atom. The Bertz CT molecular complexity index is 1260. The van der Waals surface area contributed by atoms with E-state index < -0.39 is 5.82 Å². The summed E-state index contributed by atoms with van der Waals surface area (Å²) in [5.74, 6) is 0.514. The van der Waals surface area contributed by atoms with Gasteiger partial charge in [-0.2, -0.15) is 5.26 Å². The molecule has 0 amide bonds. The number of nitrogens with one attached hydrogen (secondary N) is 1. The van der Waals surface area contributed by atoms with Crippen LogP contribution in [0.5, 0.6) is 5.75 Å². The molecule has 0 saturated carbocycles. The lowest BCUT2D eigenvalue weighted by Crippen LogP contribution is -2.01. The molecule has 1 aromatic heterocycles. The Hall–Kier alpha value is -3.14. The van der Waals surface area contributed by atoms with Gasteiger partial charge in [-0.05, 0) is 48.5 Å². The van der Waals surface area contributed by atoms with E-state index in [2.05, 4.69) is 32.0 Å². The van der Waals surface area contributed by atoms with Crippen LogP contribution in [0.2, 0.25) is 5.02 Å². The van der Waals surface area contributed by atoms with Crippen molar-refractivity contribution in [3.63, 3.8) is 0 Å². The fraction of sp³-hybridized carbons (Fsp3) is 0.0435. The highest BCUT2D eigenvalue weighted by Crippen LogP contribution is 2.29. The molecule has 1 N–H and O–H groups in total. The molecule has 1 heterocycles. The molecule has 0 atom stereocenters. The fourth-order valence-electron chi connectivity index (χ4n) is 2.97. The molecule has 4 aromatic rings. The van der Waals surface area contributed by atoms with Gasteiger partial charge >= 0.3 is 0 Å². The Labute approximate surface area is 185 Å². The Kier molecular flexibility index (Phi) is 5.84. The van der Waals surface area contributed by atoms with Gasteiger partial charge in [0.25, 0.3) is 0 Å². The monoisotopic (exact) mass is 481 g/mol. The standard InChI is InChI=1S/C23H14BrClFN3O/c24-16-8-9-22(30-13-17-18(25)4-3-5-19(17)26)14(11-16)10-15(12-27)23-28-20-6-1-2-7-21(20)29-23/h1-11H,13H2,(H,28,29)/b15-10+. The second-order valence-corrected chi connectivity index (χ2v) is 7.77. The number of rotatable bonds is 5. The number of aromatic nitrogens is 2. The number of aromatic amines is 1. The average molecular weight is 483 g/mol. The van der Waals surface area contributed by atoms with Gasteiger partial charge in [0.1, 0.15) is 30.1 Å². The molecule has 0 aliphatic carbocycles. The van der Waals surface area contributed by atoms with Crippen molar-refractivity contribution in [2.45, 2.75) is 6.61 Å². The van der Waals surface area contributed by atoms with Crippen molar-refractivity contribution in [3.05, 3.63) is 92.9 Å². The fourth-order valence-corrected chi connectivity index (χ4v) is 3.57. The third-order valence-corrected chi connectivity index (χ3v) is 5.32. The quantitative estimate of drug-likeness (QED) is 0.320. The van der Waals surface area contributed by atoms with E-state index in [1.54, 1.807) is 24.3 Å². The van der Waals surface area contributed by atoms with E-state index in [1.807, 2.05) is 36.4 Å².